The number of thiazole rings is 1. The standard InChI is InChI=1S/C18H13NO3S/c1-2-21-12-8-7-11-9-13(18(20)22-15(11)10-12)17-19-14-5-3-4-6-16(14)23-17/h3-10H,2H2,1H3. The Labute approximate surface area is 136 Å². The third-order valence-corrected chi connectivity index (χ3v) is 4.61. The molecular formula is C18H13NO3S. The smallest absolute Gasteiger partial charge is 0.346 e. The Kier molecular flexibility index (Phi) is 3.35. The van der Waals surface area contributed by atoms with Crippen molar-refractivity contribution in [1.29, 1.82) is 0 Å². The molecule has 4 rings (SSSR count). The molecule has 4 nitrogen and oxygen atoms in total. The molecule has 0 atom stereocenters. The zero-order chi connectivity index (χ0) is 15.8. The fourth-order valence-electron chi connectivity index (χ4n) is 2.48. The van der Waals surface area contributed by atoms with Crippen molar-refractivity contribution in [2.75, 3.05) is 6.61 Å². The second-order valence-electron chi connectivity index (χ2n) is 5.07. The van der Waals surface area contributed by atoms with Crippen molar-refractivity contribution in [3.63, 3.8) is 0 Å². The van der Waals surface area contributed by atoms with E-state index in [0.717, 1.165) is 15.6 Å². The van der Waals surface area contributed by atoms with E-state index in [4.69, 9.17) is 9.15 Å². The summed E-state index contributed by atoms with van der Waals surface area (Å²) in [7, 11) is 0. The van der Waals surface area contributed by atoms with Crippen LogP contribution < -0.4 is 10.4 Å². The molecule has 2 heterocycles. The summed E-state index contributed by atoms with van der Waals surface area (Å²) in [5, 5.41) is 1.53. The summed E-state index contributed by atoms with van der Waals surface area (Å²) in [4.78, 5) is 16.9. The molecule has 0 amide bonds. The molecule has 5 heteroatoms. The molecule has 0 bridgehead atoms. The van der Waals surface area contributed by atoms with Gasteiger partial charge in [-0.25, -0.2) is 9.78 Å². The van der Waals surface area contributed by atoms with Gasteiger partial charge in [0.1, 0.15) is 16.3 Å². The largest absolute Gasteiger partial charge is 0.494 e. The highest BCUT2D eigenvalue weighted by Gasteiger charge is 2.13. The second-order valence-corrected chi connectivity index (χ2v) is 6.10. The summed E-state index contributed by atoms with van der Waals surface area (Å²) >= 11 is 1.49. The monoisotopic (exact) mass is 323 g/mol. The first kappa shape index (κ1) is 14.0. The van der Waals surface area contributed by atoms with Crippen LogP contribution in [-0.4, -0.2) is 11.6 Å². The molecule has 0 radical (unpaired) electrons. The number of para-hydroxylation sites is 1. The average molecular weight is 323 g/mol. The molecule has 0 saturated heterocycles. The Hall–Kier alpha value is -2.66. The van der Waals surface area contributed by atoms with E-state index >= 15 is 0 Å². The van der Waals surface area contributed by atoms with Crippen LogP contribution in [0.1, 0.15) is 6.92 Å². The highest BCUT2D eigenvalue weighted by atomic mass is 32.1. The Morgan fingerprint density at radius 3 is 2.87 bits per heavy atom. The van der Waals surface area contributed by atoms with Crippen molar-refractivity contribution in [1.82, 2.24) is 4.98 Å². The molecular weight excluding hydrogens is 310 g/mol. The van der Waals surface area contributed by atoms with Gasteiger partial charge >= 0.3 is 5.63 Å². The maximum atomic E-state index is 12.3. The van der Waals surface area contributed by atoms with Gasteiger partial charge in [-0.1, -0.05) is 12.1 Å². The molecule has 4 aromatic rings. The predicted molar refractivity (Wildman–Crippen MR) is 92.3 cm³/mol. The molecule has 2 aromatic carbocycles. The third-order valence-electron chi connectivity index (χ3n) is 3.54. The minimum Gasteiger partial charge on any atom is -0.494 e. The van der Waals surface area contributed by atoms with E-state index < -0.39 is 0 Å². The Balaban J connectivity index is 1.88. The predicted octanol–water partition coefficient (Wildman–Crippen LogP) is 4.47. The molecule has 0 fully saturated rings. The Morgan fingerprint density at radius 2 is 2.04 bits per heavy atom. The van der Waals surface area contributed by atoms with Crippen molar-refractivity contribution < 1.29 is 9.15 Å². The van der Waals surface area contributed by atoms with Gasteiger partial charge in [-0.15, -0.1) is 11.3 Å². The summed E-state index contributed by atoms with van der Waals surface area (Å²) in [6.07, 6.45) is 0. The number of aromatic nitrogens is 1. The van der Waals surface area contributed by atoms with Crippen LogP contribution in [0.4, 0.5) is 0 Å². The molecule has 0 N–H and O–H groups in total. The minimum absolute atomic E-state index is 0.384. The van der Waals surface area contributed by atoms with E-state index in [9.17, 15) is 4.79 Å². The average Bonchev–Trinajstić information content (AvgIpc) is 2.98. The second kappa shape index (κ2) is 5.52. The van der Waals surface area contributed by atoms with Crippen LogP contribution in [0, 0.1) is 0 Å². The van der Waals surface area contributed by atoms with Gasteiger partial charge in [-0.05, 0) is 37.3 Å². The summed E-state index contributed by atoms with van der Waals surface area (Å²) < 4.78 is 11.9. The third kappa shape index (κ3) is 2.49. The van der Waals surface area contributed by atoms with Crippen LogP contribution in [0.5, 0.6) is 5.75 Å². The molecule has 0 spiro atoms. The summed E-state index contributed by atoms with van der Waals surface area (Å²) in [5.41, 5.74) is 1.51. The first-order chi connectivity index (χ1) is 11.2. The zero-order valence-electron chi connectivity index (χ0n) is 12.4. The van der Waals surface area contributed by atoms with E-state index in [-0.39, 0.29) is 5.63 Å². The molecule has 0 aliphatic heterocycles. The van der Waals surface area contributed by atoms with E-state index in [2.05, 4.69) is 4.98 Å². The van der Waals surface area contributed by atoms with E-state index in [0.29, 0.717) is 28.5 Å². The van der Waals surface area contributed by atoms with Gasteiger partial charge in [0.05, 0.1) is 22.4 Å². The fraction of sp³-hybridized carbons (Fsp3) is 0.111. The van der Waals surface area contributed by atoms with Crippen LogP contribution in [0.3, 0.4) is 0 Å². The summed E-state index contributed by atoms with van der Waals surface area (Å²) in [6, 6.07) is 15.2. The maximum Gasteiger partial charge on any atom is 0.346 e. The summed E-state index contributed by atoms with van der Waals surface area (Å²) in [5.74, 6) is 0.691. The van der Waals surface area contributed by atoms with Crippen molar-refractivity contribution >= 4 is 32.5 Å². The molecule has 0 saturated carbocycles. The lowest BCUT2D eigenvalue weighted by Gasteiger charge is -2.04. The SMILES string of the molecule is CCOc1ccc2cc(-c3nc4ccccc4s3)c(=O)oc2c1. The van der Waals surface area contributed by atoms with Gasteiger partial charge in [0, 0.05) is 11.5 Å². The van der Waals surface area contributed by atoms with Crippen LogP contribution in [0.15, 0.2) is 57.7 Å². The molecule has 2 aromatic heterocycles. The van der Waals surface area contributed by atoms with E-state index in [1.54, 1.807) is 6.07 Å². The van der Waals surface area contributed by atoms with Crippen molar-refractivity contribution in [3.05, 3.63) is 59.0 Å². The van der Waals surface area contributed by atoms with Crippen LogP contribution in [-0.2, 0) is 0 Å². The molecule has 114 valence electrons. The molecule has 0 unspecified atom stereocenters. The normalized spacial score (nSPS) is 11.2. The number of ether oxygens (including phenoxy) is 1. The maximum absolute atomic E-state index is 12.3. The number of benzene rings is 2. The summed E-state index contributed by atoms with van der Waals surface area (Å²) in [6.45, 7) is 2.48. The first-order valence-corrected chi connectivity index (χ1v) is 8.13. The Bertz CT molecular complexity index is 1030. The Morgan fingerprint density at radius 1 is 1.17 bits per heavy atom. The number of fused-ring (bicyclic) bond motifs is 2. The zero-order valence-corrected chi connectivity index (χ0v) is 13.2. The molecule has 23 heavy (non-hydrogen) atoms. The van der Waals surface area contributed by atoms with Crippen LogP contribution in [0.25, 0.3) is 31.8 Å². The fourth-order valence-corrected chi connectivity index (χ4v) is 3.45. The lowest BCUT2D eigenvalue weighted by Crippen LogP contribution is -2.02. The van der Waals surface area contributed by atoms with E-state index in [1.165, 1.54) is 11.3 Å². The highest BCUT2D eigenvalue weighted by Crippen LogP contribution is 2.30. The van der Waals surface area contributed by atoms with Crippen molar-refractivity contribution in [2.24, 2.45) is 0 Å². The van der Waals surface area contributed by atoms with Gasteiger partial charge in [-0.3, -0.25) is 0 Å². The molecule has 0 aliphatic rings. The lowest BCUT2D eigenvalue weighted by atomic mass is 10.2. The van der Waals surface area contributed by atoms with Crippen LogP contribution >= 0.6 is 11.3 Å². The quantitative estimate of drug-likeness (QED) is 0.522. The number of hydrogen-bond donors (Lipinski definition) is 0. The minimum atomic E-state index is -0.384. The van der Waals surface area contributed by atoms with Crippen molar-refractivity contribution in [3.8, 4) is 16.3 Å². The van der Waals surface area contributed by atoms with Gasteiger partial charge in [0.25, 0.3) is 0 Å². The van der Waals surface area contributed by atoms with E-state index in [1.807, 2.05) is 49.4 Å². The highest BCUT2D eigenvalue weighted by molar-refractivity contribution is 7.21. The number of hydrogen-bond acceptors (Lipinski definition) is 5. The number of rotatable bonds is 3. The molecule has 0 aliphatic carbocycles. The van der Waals surface area contributed by atoms with Gasteiger partial charge in [0.2, 0.25) is 0 Å². The van der Waals surface area contributed by atoms with Gasteiger partial charge in [-0.2, -0.15) is 0 Å². The lowest BCUT2D eigenvalue weighted by molar-refractivity contribution is 0.340. The van der Waals surface area contributed by atoms with Gasteiger partial charge < -0.3 is 9.15 Å². The number of nitrogens with zero attached hydrogens (tertiary/aromatic N) is 1. The van der Waals surface area contributed by atoms with Gasteiger partial charge in [0.15, 0.2) is 0 Å². The topological polar surface area (TPSA) is 52.3 Å². The first-order valence-electron chi connectivity index (χ1n) is 7.31. The van der Waals surface area contributed by atoms with Crippen molar-refractivity contribution in [2.45, 2.75) is 6.92 Å². The van der Waals surface area contributed by atoms with Crippen LogP contribution in [0.2, 0.25) is 0 Å².